The minimum atomic E-state index is -0.448. The lowest BCUT2D eigenvalue weighted by atomic mass is 10.2. The van der Waals surface area contributed by atoms with Gasteiger partial charge in [-0.1, -0.05) is 35.5 Å². The maximum absolute atomic E-state index is 12.4. The number of hydrogen-bond acceptors (Lipinski definition) is 5. The van der Waals surface area contributed by atoms with E-state index in [1.807, 2.05) is 25.2 Å². The van der Waals surface area contributed by atoms with Crippen molar-refractivity contribution in [3.05, 3.63) is 29.3 Å². The van der Waals surface area contributed by atoms with Crippen molar-refractivity contribution in [3.8, 4) is 11.4 Å². The van der Waals surface area contributed by atoms with Crippen LogP contribution in [0.15, 0.2) is 29.4 Å². The van der Waals surface area contributed by atoms with Gasteiger partial charge in [0.25, 0.3) is 0 Å². The number of halogens is 1. The van der Waals surface area contributed by atoms with Crippen LogP contribution >= 0.6 is 23.4 Å². The smallest absolute Gasteiger partial charge is 0.324 e. The van der Waals surface area contributed by atoms with Gasteiger partial charge in [-0.3, -0.25) is 9.69 Å². The Kier molecular flexibility index (Phi) is 4.77. The fourth-order valence-electron chi connectivity index (χ4n) is 2.40. The average molecular weight is 366 g/mol. The van der Waals surface area contributed by atoms with E-state index in [0.717, 1.165) is 5.56 Å². The summed E-state index contributed by atoms with van der Waals surface area (Å²) < 4.78 is 1.79. The summed E-state index contributed by atoms with van der Waals surface area (Å²) in [5.74, 6) is 0.388. The van der Waals surface area contributed by atoms with Gasteiger partial charge >= 0.3 is 6.03 Å². The molecule has 7 nitrogen and oxygen atoms in total. The number of hydrogen-bond donors (Lipinski definition) is 1. The van der Waals surface area contributed by atoms with Crippen LogP contribution < -0.4 is 5.32 Å². The molecule has 1 aromatic heterocycles. The van der Waals surface area contributed by atoms with E-state index in [-0.39, 0.29) is 11.9 Å². The number of aromatic nitrogens is 3. The van der Waals surface area contributed by atoms with Gasteiger partial charge in [0.15, 0.2) is 11.0 Å². The molecule has 2 aromatic rings. The standard InChI is InChI=1S/C15H16ClN5O2S/c1-9(13(22)21-8-7-17-14(21)23)24-15-19-18-12(20(15)2)10-5-3-4-6-11(10)16/h3-6,9H,7-8H2,1-2H3,(H,17,23). The minimum Gasteiger partial charge on any atom is -0.336 e. The molecular weight excluding hydrogens is 350 g/mol. The van der Waals surface area contributed by atoms with E-state index in [1.165, 1.54) is 16.7 Å². The predicted molar refractivity (Wildman–Crippen MR) is 91.9 cm³/mol. The highest BCUT2D eigenvalue weighted by atomic mass is 35.5. The summed E-state index contributed by atoms with van der Waals surface area (Å²) in [6.07, 6.45) is 0. The summed E-state index contributed by atoms with van der Waals surface area (Å²) in [6, 6.07) is 7.03. The molecule has 1 fully saturated rings. The SMILES string of the molecule is CC(Sc1nnc(-c2ccccc2Cl)n1C)C(=O)N1CCNC1=O. The number of urea groups is 1. The van der Waals surface area contributed by atoms with E-state index in [0.29, 0.717) is 29.1 Å². The minimum absolute atomic E-state index is 0.239. The maximum Gasteiger partial charge on any atom is 0.324 e. The molecule has 1 aliphatic heterocycles. The second kappa shape index (κ2) is 6.82. The topological polar surface area (TPSA) is 80.1 Å². The second-order valence-electron chi connectivity index (χ2n) is 5.33. The van der Waals surface area contributed by atoms with Crippen LogP contribution in [0.2, 0.25) is 5.02 Å². The van der Waals surface area contributed by atoms with Crippen molar-refractivity contribution in [2.75, 3.05) is 13.1 Å². The highest BCUT2D eigenvalue weighted by Crippen LogP contribution is 2.30. The molecule has 3 rings (SSSR count). The van der Waals surface area contributed by atoms with Crippen molar-refractivity contribution < 1.29 is 9.59 Å². The number of imide groups is 1. The van der Waals surface area contributed by atoms with Gasteiger partial charge in [-0.25, -0.2) is 4.79 Å². The van der Waals surface area contributed by atoms with E-state index in [1.54, 1.807) is 17.6 Å². The lowest BCUT2D eigenvalue weighted by Crippen LogP contribution is -2.39. The molecule has 126 valence electrons. The number of thioether (sulfide) groups is 1. The molecule has 1 N–H and O–H groups in total. The molecule has 1 atom stereocenters. The Hall–Kier alpha value is -2.06. The van der Waals surface area contributed by atoms with Gasteiger partial charge < -0.3 is 9.88 Å². The lowest BCUT2D eigenvalue weighted by Gasteiger charge is -2.16. The zero-order valence-corrected chi connectivity index (χ0v) is 14.8. The van der Waals surface area contributed by atoms with Crippen molar-refractivity contribution >= 4 is 35.3 Å². The highest BCUT2D eigenvalue weighted by molar-refractivity contribution is 8.00. The molecule has 1 saturated heterocycles. The van der Waals surface area contributed by atoms with Crippen molar-refractivity contribution in [1.82, 2.24) is 25.0 Å². The third kappa shape index (κ3) is 3.11. The van der Waals surface area contributed by atoms with E-state index >= 15 is 0 Å². The second-order valence-corrected chi connectivity index (χ2v) is 7.04. The third-order valence-electron chi connectivity index (χ3n) is 3.70. The first-order chi connectivity index (χ1) is 11.5. The summed E-state index contributed by atoms with van der Waals surface area (Å²) in [5, 5.41) is 11.7. The monoisotopic (exact) mass is 365 g/mol. The molecule has 1 aromatic carbocycles. The van der Waals surface area contributed by atoms with Crippen molar-refractivity contribution in [1.29, 1.82) is 0 Å². The Morgan fingerprint density at radius 2 is 2.12 bits per heavy atom. The first-order valence-corrected chi connectivity index (χ1v) is 8.65. The molecular formula is C15H16ClN5O2S. The Morgan fingerprint density at radius 1 is 1.38 bits per heavy atom. The summed E-state index contributed by atoms with van der Waals surface area (Å²) in [5.41, 5.74) is 0.777. The zero-order chi connectivity index (χ0) is 17.3. The molecule has 0 aliphatic carbocycles. The Labute approximate surface area is 148 Å². The number of amides is 3. The van der Waals surface area contributed by atoms with Gasteiger partial charge in [0, 0.05) is 25.7 Å². The van der Waals surface area contributed by atoms with Gasteiger partial charge in [0.1, 0.15) is 0 Å². The van der Waals surface area contributed by atoms with E-state index < -0.39 is 5.25 Å². The summed E-state index contributed by atoms with van der Waals surface area (Å²) >= 11 is 7.47. The van der Waals surface area contributed by atoms with Crippen LogP contribution in [0.3, 0.4) is 0 Å². The molecule has 0 radical (unpaired) electrons. The Morgan fingerprint density at radius 3 is 2.79 bits per heavy atom. The molecule has 9 heteroatoms. The van der Waals surface area contributed by atoms with E-state index in [2.05, 4.69) is 15.5 Å². The summed E-state index contributed by atoms with van der Waals surface area (Å²) in [6.45, 7) is 2.64. The summed E-state index contributed by atoms with van der Waals surface area (Å²) in [7, 11) is 1.82. The van der Waals surface area contributed by atoms with Crippen LogP contribution in [-0.2, 0) is 11.8 Å². The number of rotatable bonds is 4. The number of nitrogens with zero attached hydrogens (tertiary/aromatic N) is 4. The van der Waals surface area contributed by atoms with Gasteiger partial charge in [-0.05, 0) is 19.1 Å². The quantitative estimate of drug-likeness (QED) is 0.840. The molecule has 0 spiro atoms. The van der Waals surface area contributed by atoms with Crippen molar-refractivity contribution in [2.24, 2.45) is 7.05 Å². The molecule has 0 bridgehead atoms. The lowest BCUT2D eigenvalue weighted by molar-refractivity contribution is -0.126. The largest absolute Gasteiger partial charge is 0.336 e. The molecule has 2 heterocycles. The highest BCUT2D eigenvalue weighted by Gasteiger charge is 2.31. The van der Waals surface area contributed by atoms with Gasteiger partial charge in [-0.2, -0.15) is 0 Å². The predicted octanol–water partition coefficient (Wildman–Crippen LogP) is 2.17. The van der Waals surface area contributed by atoms with E-state index in [4.69, 9.17) is 11.6 Å². The third-order valence-corrected chi connectivity index (χ3v) is 5.15. The Bertz CT molecular complexity index is 794. The molecule has 0 saturated carbocycles. The van der Waals surface area contributed by atoms with E-state index in [9.17, 15) is 9.59 Å². The maximum atomic E-state index is 12.4. The number of carbonyl (C=O) groups is 2. The first-order valence-electron chi connectivity index (χ1n) is 7.39. The molecule has 3 amide bonds. The normalized spacial score (nSPS) is 15.5. The van der Waals surface area contributed by atoms with Crippen LogP contribution in [-0.4, -0.2) is 49.9 Å². The molecule has 1 aliphatic rings. The van der Waals surface area contributed by atoms with Crippen molar-refractivity contribution in [3.63, 3.8) is 0 Å². The number of nitrogens with one attached hydrogen (secondary N) is 1. The fraction of sp³-hybridized carbons (Fsp3) is 0.333. The van der Waals surface area contributed by atoms with Crippen LogP contribution in [0.25, 0.3) is 11.4 Å². The van der Waals surface area contributed by atoms with Crippen LogP contribution in [0, 0.1) is 0 Å². The van der Waals surface area contributed by atoms with Gasteiger partial charge in [0.05, 0.1) is 10.3 Å². The van der Waals surface area contributed by atoms with Crippen LogP contribution in [0.5, 0.6) is 0 Å². The van der Waals surface area contributed by atoms with Crippen LogP contribution in [0.1, 0.15) is 6.92 Å². The van der Waals surface area contributed by atoms with Gasteiger partial charge in [0.2, 0.25) is 5.91 Å². The number of carbonyl (C=O) groups excluding carboxylic acids is 2. The fourth-order valence-corrected chi connectivity index (χ4v) is 3.50. The zero-order valence-electron chi connectivity index (χ0n) is 13.2. The average Bonchev–Trinajstić information content (AvgIpc) is 3.14. The van der Waals surface area contributed by atoms with Gasteiger partial charge in [-0.15, -0.1) is 10.2 Å². The molecule has 24 heavy (non-hydrogen) atoms. The first kappa shape index (κ1) is 16.8. The Balaban J connectivity index is 1.78. The summed E-state index contributed by atoms with van der Waals surface area (Å²) in [4.78, 5) is 25.2. The number of benzene rings is 1. The molecule has 1 unspecified atom stereocenters. The van der Waals surface area contributed by atoms with Crippen molar-refractivity contribution in [2.45, 2.75) is 17.3 Å². The van der Waals surface area contributed by atoms with Crippen LogP contribution in [0.4, 0.5) is 4.79 Å².